The fourth-order valence-electron chi connectivity index (χ4n) is 1.42. The van der Waals surface area contributed by atoms with Crippen LogP contribution in [-0.2, 0) is 11.2 Å². The van der Waals surface area contributed by atoms with E-state index in [0.717, 1.165) is 10.9 Å². The molecule has 1 unspecified atom stereocenters. The lowest BCUT2D eigenvalue weighted by molar-refractivity contribution is -0.121. The van der Waals surface area contributed by atoms with E-state index in [1.54, 1.807) is 0 Å². The van der Waals surface area contributed by atoms with Gasteiger partial charge in [0.05, 0.1) is 6.42 Å². The van der Waals surface area contributed by atoms with Gasteiger partial charge in [-0.05, 0) is 11.5 Å². The molecule has 16 heavy (non-hydrogen) atoms. The molecule has 1 amide bonds. The Morgan fingerprint density at radius 3 is 2.44 bits per heavy atom. The van der Waals surface area contributed by atoms with E-state index in [1.807, 2.05) is 30.3 Å². The van der Waals surface area contributed by atoms with E-state index >= 15 is 0 Å². The number of benzene rings is 1. The Morgan fingerprint density at radius 1 is 1.31 bits per heavy atom. The summed E-state index contributed by atoms with van der Waals surface area (Å²) in [6, 6.07) is 10.0. The highest BCUT2D eigenvalue weighted by molar-refractivity contribution is 9.09. The van der Waals surface area contributed by atoms with Crippen molar-refractivity contribution in [3.8, 4) is 0 Å². The van der Waals surface area contributed by atoms with E-state index in [-0.39, 0.29) is 11.9 Å². The molecule has 1 N–H and O–H groups in total. The molecule has 0 saturated heterocycles. The quantitative estimate of drug-likeness (QED) is 0.828. The molecule has 0 aromatic heterocycles. The first-order valence-electron chi connectivity index (χ1n) is 5.52. The van der Waals surface area contributed by atoms with Gasteiger partial charge in [-0.15, -0.1) is 0 Å². The molecule has 0 radical (unpaired) electrons. The van der Waals surface area contributed by atoms with Gasteiger partial charge in [0, 0.05) is 11.4 Å². The minimum atomic E-state index is 0.0874. The molecule has 0 fully saturated rings. The molecule has 0 heterocycles. The van der Waals surface area contributed by atoms with Gasteiger partial charge in [0.2, 0.25) is 5.91 Å². The molecule has 0 saturated carbocycles. The van der Waals surface area contributed by atoms with Crippen molar-refractivity contribution in [2.75, 3.05) is 5.33 Å². The molecule has 2 nitrogen and oxygen atoms in total. The topological polar surface area (TPSA) is 29.1 Å². The molecule has 1 rings (SSSR count). The lowest BCUT2D eigenvalue weighted by atomic mass is 10.1. The van der Waals surface area contributed by atoms with E-state index < -0.39 is 0 Å². The minimum Gasteiger partial charge on any atom is -0.352 e. The molecule has 0 aliphatic heterocycles. The summed E-state index contributed by atoms with van der Waals surface area (Å²) in [5.74, 6) is 0.531. The van der Waals surface area contributed by atoms with Crippen molar-refractivity contribution in [1.29, 1.82) is 0 Å². The fourth-order valence-corrected chi connectivity index (χ4v) is 2.33. The van der Waals surface area contributed by atoms with Crippen LogP contribution in [0.3, 0.4) is 0 Å². The minimum absolute atomic E-state index is 0.0874. The van der Waals surface area contributed by atoms with Crippen molar-refractivity contribution < 1.29 is 4.79 Å². The molecule has 1 atom stereocenters. The summed E-state index contributed by atoms with van der Waals surface area (Å²) >= 11 is 3.42. The van der Waals surface area contributed by atoms with Crippen LogP contribution >= 0.6 is 15.9 Å². The largest absolute Gasteiger partial charge is 0.352 e. The smallest absolute Gasteiger partial charge is 0.224 e. The van der Waals surface area contributed by atoms with Gasteiger partial charge in [0.1, 0.15) is 0 Å². The first kappa shape index (κ1) is 13.2. The maximum absolute atomic E-state index is 11.8. The number of hydrogen-bond donors (Lipinski definition) is 1. The van der Waals surface area contributed by atoms with Crippen molar-refractivity contribution in [3.05, 3.63) is 35.9 Å². The normalized spacial score (nSPS) is 12.5. The average Bonchev–Trinajstić information content (AvgIpc) is 2.27. The van der Waals surface area contributed by atoms with Crippen molar-refractivity contribution in [1.82, 2.24) is 5.32 Å². The Balaban J connectivity index is 2.47. The zero-order chi connectivity index (χ0) is 12.0. The van der Waals surface area contributed by atoms with Gasteiger partial charge >= 0.3 is 0 Å². The predicted molar refractivity (Wildman–Crippen MR) is 70.7 cm³/mol. The second-order valence-electron chi connectivity index (χ2n) is 4.23. The number of halogens is 1. The summed E-state index contributed by atoms with van der Waals surface area (Å²) in [7, 11) is 0. The molecule has 1 aromatic carbocycles. The number of amides is 1. The van der Waals surface area contributed by atoms with E-state index in [0.29, 0.717) is 12.3 Å². The maximum atomic E-state index is 11.8. The van der Waals surface area contributed by atoms with Crippen molar-refractivity contribution in [2.24, 2.45) is 5.92 Å². The second-order valence-corrected chi connectivity index (χ2v) is 4.88. The summed E-state index contributed by atoms with van der Waals surface area (Å²) < 4.78 is 0. The Labute approximate surface area is 106 Å². The SMILES string of the molecule is CC(C)C(CBr)NC(=O)Cc1ccccc1. The van der Waals surface area contributed by atoms with Crippen molar-refractivity contribution in [3.63, 3.8) is 0 Å². The second kappa shape index (κ2) is 6.69. The van der Waals surface area contributed by atoms with Crippen LogP contribution in [0.15, 0.2) is 30.3 Å². The van der Waals surface area contributed by atoms with Crippen LogP contribution < -0.4 is 5.32 Å². The van der Waals surface area contributed by atoms with Crippen LogP contribution in [0.4, 0.5) is 0 Å². The summed E-state index contributed by atoms with van der Waals surface area (Å²) in [5, 5.41) is 3.83. The highest BCUT2D eigenvalue weighted by Crippen LogP contribution is 2.06. The zero-order valence-electron chi connectivity index (χ0n) is 9.74. The molecule has 0 aliphatic carbocycles. The van der Waals surface area contributed by atoms with Gasteiger partial charge in [-0.2, -0.15) is 0 Å². The Hall–Kier alpha value is -0.830. The number of alkyl halides is 1. The number of carbonyl (C=O) groups excluding carboxylic acids is 1. The van der Waals surface area contributed by atoms with Gasteiger partial charge in [-0.1, -0.05) is 60.1 Å². The predicted octanol–water partition coefficient (Wildman–Crippen LogP) is 2.76. The van der Waals surface area contributed by atoms with E-state index in [1.165, 1.54) is 0 Å². The summed E-state index contributed by atoms with van der Waals surface area (Å²) in [6.45, 7) is 4.21. The van der Waals surface area contributed by atoms with Crippen molar-refractivity contribution in [2.45, 2.75) is 26.3 Å². The Morgan fingerprint density at radius 2 is 1.94 bits per heavy atom. The average molecular weight is 284 g/mol. The maximum Gasteiger partial charge on any atom is 0.224 e. The molecule has 88 valence electrons. The fraction of sp³-hybridized carbons (Fsp3) is 0.462. The third-order valence-corrected chi connectivity index (χ3v) is 3.22. The first-order valence-corrected chi connectivity index (χ1v) is 6.65. The number of rotatable bonds is 5. The standard InChI is InChI=1S/C13H18BrNO/c1-10(2)12(9-14)15-13(16)8-11-6-4-3-5-7-11/h3-7,10,12H,8-9H2,1-2H3,(H,15,16). The zero-order valence-corrected chi connectivity index (χ0v) is 11.3. The van der Waals surface area contributed by atoms with Crippen LogP contribution in [-0.4, -0.2) is 17.3 Å². The third kappa shape index (κ3) is 4.35. The van der Waals surface area contributed by atoms with E-state index in [2.05, 4.69) is 35.1 Å². The van der Waals surface area contributed by atoms with Crippen molar-refractivity contribution >= 4 is 21.8 Å². The van der Waals surface area contributed by atoms with Gasteiger partial charge in [-0.3, -0.25) is 4.79 Å². The molecule has 1 aromatic rings. The Bertz CT molecular complexity index is 324. The van der Waals surface area contributed by atoms with E-state index in [9.17, 15) is 4.79 Å². The van der Waals surface area contributed by atoms with Gasteiger partial charge in [0.25, 0.3) is 0 Å². The van der Waals surface area contributed by atoms with Crippen LogP contribution in [0.1, 0.15) is 19.4 Å². The van der Waals surface area contributed by atoms with Gasteiger partial charge in [0.15, 0.2) is 0 Å². The van der Waals surface area contributed by atoms with Gasteiger partial charge in [-0.25, -0.2) is 0 Å². The lowest BCUT2D eigenvalue weighted by Gasteiger charge is -2.19. The third-order valence-electron chi connectivity index (χ3n) is 2.52. The van der Waals surface area contributed by atoms with Crippen LogP contribution in [0, 0.1) is 5.92 Å². The lowest BCUT2D eigenvalue weighted by Crippen LogP contribution is -2.40. The van der Waals surface area contributed by atoms with Gasteiger partial charge < -0.3 is 5.32 Å². The molecule has 3 heteroatoms. The molecule has 0 spiro atoms. The Kier molecular flexibility index (Phi) is 5.53. The first-order chi connectivity index (χ1) is 7.63. The van der Waals surface area contributed by atoms with Crippen LogP contribution in [0.25, 0.3) is 0 Å². The van der Waals surface area contributed by atoms with Crippen LogP contribution in [0.2, 0.25) is 0 Å². The summed E-state index contributed by atoms with van der Waals surface area (Å²) in [4.78, 5) is 11.8. The highest BCUT2D eigenvalue weighted by Gasteiger charge is 2.14. The number of carbonyl (C=O) groups is 1. The monoisotopic (exact) mass is 283 g/mol. The highest BCUT2D eigenvalue weighted by atomic mass is 79.9. The summed E-state index contributed by atoms with van der Waals surface area (Å²) in [5.41, 5.74) is 1.05. The van der Waals surface area contributed by atoms with E-state index in [4.69, 9.17) is 0 Å². The van der Waals surface area contributed by atoms with Crippen LogP contribution in [0.5, 0.6) is 0 Å². The molecule has 0 aliphatic rings. The number of nitrogens with one attached hydrogen (secondary N) is 1. The molecular formula is C13H18BrNO. The molecule has 0 bridgehead atoms. The number of hydrogen-bond acceptors (Lipinski definition) is 1. The molecular weight excluding hydrogens is 266 g/mol. The summed E-state index contributed by atoms with van der Waals surface area (Å²) in [6.07, 6.45) is 0.455.